The minimum absolute atomic E-state index is 0.0460. The zero-order valence-corrected chi connectivity index (χ0v) is 16.7. The molecule has 0 radical (unpaired) electrons. The van der Waals surface area contributed by atoms with Crippen LogP contribution in [0.5, 0.6) is 0 Å². The maximum Gasteiger partial charge on any atom is 0.238 e. The molecule has 2 aromatic carbocycles. The first-order chi connectivity index (χ1) is 13.2. The van der Waals surface area contributed by atoms with E-state index in [1.807, 2.05) is 0 Å². The van der Waals surface area contributed by atoms with Crippen molar-refractivity contribution >= 4 is 44.8 Å². The molecule has 0 unspecified atom stereocenters. The molecule has 0 bridgehead atoms. The number of carbonyl (C=O) groups excluding carboxylic acids is 1. The number of hydrogen-bond acceptors (Lipinski definition) is 4. The normalized spacial score (nSPS) is 11.2. The van der Waals surface area contributed by atoms with E-state index in [-0.39, 0.29) is 17.2 Å². The number of benzene rings is 2. The van der Waals surface area contributed by atoms with E-state index < -0.39 is 10.0 Å². The Morgan fingerprint density at radius 3 is 2.50 bits per heavy atom. The van der Waals surface area contributed by atoms with Crippen molar-refractivity contribution in [1.29, 1.82) is 0 Å². The number of primary sulfonamides is 1. The Kier molecular flexibility index (Phi) is 6.00. The molecule has 6 nitrogen and oxygen atoms in total. The van der Waals surface area contributed by atoms with Gasteiger partial charge in [-0.1, -0.05) is 47.5 Å². The highest BCUT2D eigenvalue weighted by molar-refractivity contribution is 7.89. The second kappa shape index (κ2) is 8.28. The second-order valence-electron chi connectivity index (χ2n) is 5.96. The number of anilines is 1. The largest absolute Gasteiger partial charge is 0.326 e. The van der Waals surface area contributed by atoms with Gasteiger partial charge >= 0.3 is 0 Å². The van der Waals surface area contributed by atoms with Crippen LogP contribution in [0, 0.1) is 0 Å². The lowest BCUT2D eigenvalue weighted by atomic mass is 10.1. The van der Waals surface area contributed by atoms with Crippen LogP contribution in [0.3, 0.4) is 0 Å². The average molecular weight is 436 g/mol. The van der Waals surface area contributed by atoms with E-state index in [2.05, 4.69) is 10.3 Å². The predicted molar refractivity (Wildman–Crippen MR) is 110 cm³/mol. The van der Waals surface area contributed by atoms with Gasteiger partial charge in [-0.15, -0.1) is 0 Å². The molecule has 9 heteroatoms. The highest BCUT2D eigenvalue weighted by Gasteiger charge is 2.18. The summed E-state index contributed by atoms with van der Waals surface area (Å²) in [7, 11) is -4.06. The molecule has 3 N–H and O–H groups in total. The van der Waals surface area contributed by atoms with Crippen molar-refractivity contribution in [1.82, 2.24) is 4.98 Å². The molecule has 1 aromatic heterocycles. The van der Waals surface area contributed by atoms with Gasteiger partial charge in [-0.2, -0.15) is 0 Å². The number of hydrogen-bond donors (Lipinski definition) is 2. The van der Waals surface area contributed by atoms with E-state index in [4.69, 9.17) is 28.3 Å². The highest BCUT2D eigenvalue weighted by atomic mass is 35.5. The fourth-order valence-corrected chi connectivity index (χ4v) is 3.81. The predicted octanol–water partition coefficient (Wildman–Crippen LogP) is 3.88. The summed E-state index contributed by atoms with van der Waals surface area (Å²) in [5, 5.41) is 8.86. The fourth-order valence-electron chi connectivity index (χ4n) is 2.65. The van der Waals surface area contributed by atoms with Gasteiger partial charge in [0.1, 0.15) is 0 Å². The Hall–Kier alpha value is -2.45. The highest BCUT2D eigenvalue weighted by Crippen LogP contribution is 2.30. The number of nitrogens with one attached hydrogen (secondary N) is 1. The van der Waals surface area contributed by atoms with Gasteiger partial charge in [0.25, 0.3) is 0 Å². The van der Waals surface area contributed by atoms with Crippen LogP contribution in [0.2, 0.25) is 10.0 Å². The van der Waals surface area contributed by atoms with Gasteiger partial charge in [0.05, 0.1) is 16.3 Å². The maximum atomic E-state index is 12.3. The van der Waals surface area contributed by atoms with Crippen LogP contribution in [-0.2, 0) is 21.2 Å². The fraction of sp³-hybridized carbons (Fsp3) is 0.0526. The molecule has 0 aliphatic heterocycles. The Morgan fingerprint density at radius 2 is 1.82 bits per heavy atom. The SMILES string of the molecule is NS(=O)(=O)c1cc(NC(=O)Cc2ccccc2Cl)ccc1-c1cncc(Cl)c1. The minimum atomic E-state index is -4.06. The molecule has 0 atom stereocenters. The van der Waals surface area contributed by atoms with E-state index in [1.165, 1.54) is 24.5 Å². The monoisotopic (exact) mass is 435 g/mol. The summed E-state index contributed by atoms with van der Waals surface area (Å²) >= 11 is 12.0. The van der Waals surface area contributed by atoms with Gasteiger partial charge in [-0.3, -0.25) is 9.78 Å². The standard InChI is InChI=1S/C19H15Cl2N3O3S/c20-14-7-13(10-23-11-14)16-6-5-15(9-18(16)28(22,26)27)24-19(25)8-12-3-1-2-4-17(12)21/h1-7,9-11H,8H2,(H,24,25)(H2,22,26,27). The molecule has 0 saturated carbocycles. The molecule has 144 valence electrons. The summed E-state index contributed by atoms with van der Waals surface area (Å²) in [5.74, 6) is -0.342. The molecule has 0 fully saturated rings. The van der Waals surface area contributed by atoms with Crippen LogP contribution in [0.4, 0.5) is 5.69 Å². The summed E-state index contributed by atoms with van der Waals surface area (Å²) in [4.78, 5) is 16.1. The molecule has 3 aromatic rings. The maximum absolute atomic E-state index is 12.3. The number of amides is 1. The third kappa shape index (κ3) is 4.88. The minimum Gasteiger partial charge on any atom is -0.326 e. The number of halogens is 2. The topological polar surface area (TPSA) is 102 Å². The zero-order chi connectivity index (χ0) is 20.3. The zero-order valence-electron chi connectivity index (χ0n) is 14.4. The molecule has 3 rings (SSSR count). The number of carbonyl (C=O) groups is 1. The third-order valence-electron chi connectivity index (χ3n) is 3.90. The van der Waals surface area contributed by atoms with Crippen molar-refractivity contribution in [2.45, 2.75) is 11.3 Å². The summed E-state index contributed by atoms with van der Waals surface area (Å²) in [6, 6.07) is 13.0. The van der Waals surface area contributed by atoms with E-state index in [1.54, 1.807) is 36.4 Å². The summed E-state index contributed by atoms with van der Waals surface area (Å²) in [6.45, 7) is 0. The molecule has 0 saturated heterocycles. The van der Waals surface area contributed by atoms with Crippen molar-refractivity contribution in [2.24, 2.45) is 5.14 Å². The molecule has 0 aliphatic rings. The van der Waals surface area contributed by atoms with Gasteiger partial charge < -0.3 is 5.32 Å². The Balaban J connectivity index is 1.91. The average Bonchev–Trinajstić information content (AvgIpc) is 2.63. The van der Waals surface area contributed by atoms with Crippen LogP contribution in [0.25, 0.3) is 11.1 Å². The lowest BCUT2D eigenvalue weighted by molar-refractivity contribution is -0.115. The van der Waals surface area contributed by atoms with E-state index >= 15 is 0 Å². The van der Waals surface area contributed by atoms with Crippen molar-refractivity contribution in [3.8, 4) is 11.1 Å². The number of nitrogens with zero attached hydrogens (tertiary/aromatic N) is 1. The Labute approximate surface area is 172 Å². The number of aromatic nitrogens is 1. The van der Waals surface area contributed by atoms with Gasteiger partial charge in [0.15, 0.2) is 0 Å². The Morgan fingerprint density at radius 1 is 1.07 bits per heavy atom. The first-order valence-corrected chi connectivity index (χ1v) is 10.4. The first-order valence-electron chi connectivity index (χ1n) is 8.05. The van der Waals surface area contributed by atoms with Crippen LogP contribution < -0.4 is 10.5 Å². The van der Waals surface area contributed by atoms with Crippen molar-refractivity contribution < 1.29 is 13.2 Å². The van der Waals surface area contributed by atoms with Crippen LogP contribution >= 0.6 is 23.2 Å². The van der Waals surface area contributed by atoms with Gasteiger partial charge in [-0.25, -0.2) is 13.6 Å². The lowest BCUT2D eigenvalue weighted by Gasteiger charge is -2.12. The van der Waals surface area contributed by atoms with Crippen molar-refractivity contribution in [2.75, 3.05) is 5.32 Å². The molecule has 1 amide bonds. The summed E-state index contributed by atoms with van der Waals surface area (Å²) in [6.07, 6.45) is 2.96. The van der Waals surface area contributed by atoms with Crippen molar-refractivity contribution in [3.05, 3.63) is 76.5 Å². The van der Waals surface area contributed by atoms with Crippen LogP contribution in [-0.4, -0.2) is 19.3 Å². The lowest BCUT2D eigenvalue weighted by Crippen LogP contribution is -2.17. The van der Waals surface area contributed by atoms with E-state index in [0.717, 1.165) is 0 Å². The van der Waals surface area contributed by atoms with E-state index in [0.29, 0.717) is 32.4 Å². The number of rotatable bonds is 5. The van der Waals surface area contributed by atoms with Gasteiger partial charge in [0, 0.05) is 34.2 Å². The third-order valence-corrected chi connectivity index (χ3v) is 5.42. The van der Waals surface area contributed by atoms with Gasteiger partial charge in [-0.05, 0) is 29.8 Å². The number of sulfonamides is 1. The van der Waals surface area contributed by atoms with Gasteiger partial charge in [0.2, 0.25) is 15.9 Å². The van der Waals surface area contributed by atoms with Crippen molar-refractivity contribution in [3.63, 3.8) is 0 Å². The quantitative estimate of drug-likeness (QED) is 0.634. The molecular formula is C19H15Cl2N3O3S. The number of pyridine rings is 1. The Bertz CT molecular complexity index is 1150. The van der Waals surface area contributed by atoms with Crippen LogP contribution in [0.1, 0.15) is 5.56 Å². The van der Waals surface area contributed by atoms with E-state index in [9.17, 15) is 13.2 Å². The first kappa shape index (κ1) is 20.3. The molecule has 0 aliphatic carbocycles. The molecule has 28 heavy (non-hydrogen) atoms. The smallest absolute Gasteiger partial charge is 0.238 e. The molecule has 0 spiro atoms. The summed E-state index contributed by atoms with van der Waals surface area (Å²) < 4.78 is 24.2. The molecule has 1 heterocycles. The number of nitrogens with two attached hydrogens (primary N) is 1. The van der Waals surface area contributed by atoms with Crippen LogP contribution in [0.15, 0.2) is 65.8 Å². The second-order valence-corrected chi connectivity index (χ2v) is 8.34. The summed E-state index contributed by atoms with van der Waals surface area (Å²) in [5.41, 5.74) is 1.78. The molecular weight excluding hydrogens is 421 g/mol.